The lowest BCUT2D eigenvalue weighted by Crippen LogP contribution is -2.48. The van der Waals surface area contributed by atoms with Gasteiger partial charge in [0.25, 0.3) is 0 Å². The van der Waals surface area contributed by atoms with Gasteiger partial charge in [-0.25, -0.2) is 4.79 Å². The van der Waals surface area contributed by atoms with Gasteiger partial charge in [-0.2, -0.15) is 8.78 Å². The molecule has 1 heterocycles. The summed E-state index contributed by atoms with van der Waals surface area (Å²) in [5.41, 5.74) is 0. The summed E-state index contributed by atoms with van der Waals surface area (Å²) in [7, 11) is 0. The Morgan fingerprint density at radius 2 is 2.12 bits per heavy atom. The SMILES string of the molecule is O=C(OCCOCCC1CNCCN1)C(F)F. The van der Waals surface area contributed by atoms with Gasteiger partial charge >= 0.3 is 12.4 Å². The average molecular weight is 252 g/mol. The standard InChI is InChI=1S/C10H18F2N2O3/c11-9(12)10(15)17-6-5-16-4-1-8-7-13-2-3-14-8/h8-9,13-14H,1-7H2. The van der Waals surface area contributed by atoms with E-state index in [1.54, 1.807) is 0 Å². The number of alkyl halides is 2. The molecule has 0 radical (unpaired) electrons. The van der Waals surface area contributed by atoms with Crippen molar-refractivity contribution >= 4 is 5.97 Å². The fraction of sp³-hybridized carbons (Fsp3) is 0.900. The van der Waals surface area contributed by atoms with Crippen molar-refractivity contribution in [1.29, 1.82) is 0 Å². The van der Waals surface area contributed by atoms with E-state index in [-0.39, 0.29) is 13.2 Å². The molecule has 17 heavy (non-hydrogen) atoms. The fourth-order valence-corrected chi connectivity index (χ4v) is 1.51. The molecule has 1 rings (SSSR count). The molecule has 7 heteroatoms. The molecule has 0 saturated carbocycles. The Bertz CT molecular complexity index is 224. The van der Waals surface area contributed by atoms with E-state index in [0.717, 1.165) is 26.1 Å². The zero-order valence-electron chi connectivity index (χ0n) is 9.59. The van der Waals surface area contributed by atoms with Crippen molar-refractivity contribution in [2.24, 2.45) is 0 Å². The monoisotopic (exact) mass is 252 g/mol. The van der Waals surface area contributed by atoms with Crippen molar-refractivity contribution in [3.05, 3.63) is 0 Å². The number of esters is 1. The van der Waals surface area contributed by atoms with Gasteiger partial charge in [0.2, 0.25) is 0 Å². The van der Waals surface area contributed by atoms with Gasteiger partial charge in [-0.1, -0.05) is 0 Å². The number of hydrogen-bond donors (Lipinski definition) is 2. The van der Waals surface area contributed by atoms with Crippen molar-refractivity contribution < 1.29 is 23.0 Å². The van der Waals surface area contributed by atoms with Crippen LogP contribution in [-0.4, -0.2) is 57.9 Å². The Hall–Kier alpha value is -0.790. The molecule has 0 aromatic heterocycles. The maximum absolute atomic E-state index is 11.7. The van der Waals surface area contributed by atoms with Crippen LogP contribution < -0.4 is 10.6 Å². The Morgan fingerprint density at radius 3 is 2.76 bits per heavy atom. The van der Waals surface area contributed by atoms with Crippen molar-refractivity contribution in [2.75, 3.05) is 39.5 Å². The van der Waals surface area contributed by atoms with Crippen LogP contribution in [-0.2, 0) is 14.3 Å². The molecular formula is C10H18F2N2O3. The highest BCUT2D eigenvalue weighted by atomic mass is 19.3. The molecule has 100 valence electrons. The number of halogens is 2. The summed E-state index contributed by atoms with van der Waals surface area (Å²) in [6.45, 7) is 3.37. The number of rotatable bonds is 7. The van der Waals surface area contributed by atoms with E-state index in [1.807, 2.05) is 0 Å². The number of nitrogens with one attached hydrogen (secondary N) is 2. The Kier molecular flexibility index (Phi) is 6.99. The summed E-state index contributed by atoms with van der Waals surface area (Å²) in [5.74, 6) is -1.49. The maximum atomic E-state index is 11.7. The average Bonchev–Trinajstić information content (AvgIpc) is 2.34. The second-order valence-electron chi connectivity index (χ2n) is 3.72. The Morgan fingerprint density at radius 1 is 1.29 bits per heavy atom. The van der Waals surface area contributed by atoms with E-state index in [1.165, 1.54) is 0 Å². The summed E-state index contributed by atoms with van der Waals surface area (Å²) in [5, 5.41) is 6.56. The first-order valence-electron chi connectivity index (χ1n) is 5.67. The predicted octanol–water partition coefficient (Wildman–Crippen LogP) is -0.237. The highest BCUT2D eigenvalue weighted by Crippen LogP contribution is 1.97. The first-order chi connectivity index (χ1) is 8.20. The predicted molar refractivity (Wildman–Crippen MR) is 57.1 cm³/mol. The molecule has 0 spiro atoms. The number of hydrogen-bond acceptors (Lipinski definition) is 5. The first-order valence-corrected chi connectivity index (χ1v) is 5.67. The van der Waals surface area contributed by atoms with E-state index in [0.29, 0.717) is 12.6 Å². The molecule has 0 aromatic rings. The van der Waals surface area contributed by atoms with Crippen molar-refractivity contribution in [3.8, 4) is 0 Å². The van der Waals surface area contributed by atoms with Gasteiger partial charge in [0.1, 0.15) is 6.61 Å². The molecule has 0 bridgehead atoms. The zero-order valence-corrected chi connectivity index (χ0v) is 9.59. The minimum absolute atomic E-state index is 0.125. The van der Waals surface area contributed by atoms with E-state index < -0.39 is 12.4 Å². The van der Waals surface area contributed by atoms with Gasteiger partial charge in [0, 0.05) is 32.3 Å². The smallest absolute Gasteiger partial charge is 0.373 e. The van der Waals surface area contributed by atoms with Crippen LogP contribution in [0.1, 0.15) is 6.42 Å². The largest absolute Gasteiger partial charge is 0.459 e. The minimum atomic E-state index is -3.06. The highest BCUT2D eigenvalue weighted by molar-refractivity contribution is 5.72. The molecule has 1 aliphatic heterocycles. The van der Waals surface area contributed by atoms with Crippen LogP contribution in [0.25, 0.3) is 0 Å². The van der Waals surface area contributed by atoms with Crippen LogP contribution in [0, 0.1) is 0 Å². The second kappa shape index (κ2) is 8.32. The first kappa shape index (κ1) is 14.3. The molecule has 1 saturated heterocycles. The molecule has 0 aromatic carbocycles. The summed E-state index contributed by atoms with van der Waals surface area (Å²) in [6, 6.07) is 0.382. The summed E-state index contributed by atoms with van der Waals surface area (Å²) < 4.78 is 32.9. The van der Waals surface area contributed by atoms with E-state index in [4.69, 9.17) is 4.74 Å². The van der Waals surface area contributed by atoms with Gasteiger partial charge in [-0.15, -0.1) is 0 Å². The molecule has 1 unspecified atom stereocenters. The fourth-order valence-electron chi connectivity index (χ4n) is 1.51. The molecule has 1 atom stereocenters. The van der Waals surface area contributed by atoms with Crippen LogP contribution in [0.4, 0.5) is 8.78 Å². The lowest BCUT2D eigenvalue weighted by Gasteiger charge is -2.24. The number of ether oxygens (including phenoxy) is 2. The lowest BCUT2D eigenvalue weighted by atomic mass is 10.2. The summed E-state index contributed by atoms with van der Waals surface area (Å²) >= 11 is 0. The second-order valence-corrected chi connectivity index (χ2v) is 3.72. The lowest BCUT2D eigenvalue weighted by molar-refractivity contribution is -0.157. The maximum Gasteiger partial charge on any atom is 0.373 e. The summed E-state index contributed by atoms with van der Waals surface area (Å²) in [4.78, 5) is 10.4. The van der Waals surface area contributed by atoms with E-state index in [9.17, 15) is 13.6 Å². The number of carbonyl (C=O) groups is 1. The van der Waals surface area contributed by atoms with Crippen LogP contribution >= 0.6 is 0 Å². The van der Waals surface area contributed by atoms with Gasteiger partial charge in [0.05, 0.1) is 6.61 Å². The van der Waals surface area contributed by atoms with Crippen molar-refractivity contribution in [2.45, 2.75) is 18.9 Å². The highest BCUT2D eigenvalue weighted by Gasteiger charge is 2.16. The van der Waals surface area contributed by atoms with Gasteiger partial charge in [-0.05, 0) is 6.42 Å². The third kappa shape index (κ3) is 6.50. The van der Waals surface area contributed by atoms with Gasteiger partial charge < -0.3 is 20.1 Å². The topological polar surface area (TPSA) is 59.6 Å². The van der Waals surface area contributed by atoms with Crippen LogP contribution in [0.2, 0.25) is 0 Å². The molecular weight excluding hydrogens is 234 g/mol. The Labute approximate surface area is 98.8 Å². The zero-order chi connectivity index (χ0) is 12.5. The molecule has 1 fully saturated rings. The van der Waals surface area contributed by atoms with E-state index in [2.05, 4.69) is 15.4 Å². The third-order valence-electron chi connectivity index (χ3n) is 2.39. The molecule has 0 aliphatic carbocycles. The van der Waals surface area contributed by atoms with Crippen LogP contribution in [0.3, 0.4) is 0 Å². The van der Waals surface area contributed by atoms with Crippen molar-refractivity contribution in [3.63, 3.8) is 0 Å². The van der Waals surface area contributed by atoms with Crippen LogP contribution in [0.15, 0.2) is 0 Å². The van der Waals surface area contributed by atoms with E-state index >= 15 is 0 Å². The molecule has 1 aliphatic rings. The number of carbonyl (C=O) groups excluding carboxylic acids is 1. The molecule has 2 N–H and O–H groups in total. The normalized spacial score (nSPS) is 20.5. The third-order valence-corrected chi connectivity index (χ3v) is 2.39. The summed E-state index contributed by atoms with van der Waals surface area (Å²) in [6.07, 6.45) is -2.22. The quantitative estimate of drug-likeness (QED) is 0.484. The van der Waals surface area contributed by atoms with Crippen molar-refractivity contribution in [1.82, 2.24) is 10.6 Å². The minimum Gasteiger partial charge on any atom is -0.459 e. The van der Waals surface area contributed by atoms with Gasteiger partial charge in [0.15, 0.2) is 0 Å². The molecule has 0 amide bonds. The Balaban J connectivity index is 1.88. The number of piperazine rings is 1. The molecule has 5 nitrogen and oxygen atoms in total. The van der Waals surface area contributed by atoms with Gasteiger partial charge in [-0.3, -0.25) is 0 Å². The van der Waals surface area contributed by atoms with Crippen LogP contribution in [0.5, 0.6) is 0 Å².